The quantitative estimate of drug-likeness (QED) is 0.463. The lowest BCUT2D eigenvalue weighted by atomic mass is 10.1. The number of aryl methyl sites for hydroxylation is 1. The minimum absolute atomic E-state index is 0.0170. The Kier molecular flexibility index (Phi) is 5.75. The van der Waals surface area contributed by atoms with E-state index in [2.05, 4.69) is 5.32 Å². The molecular weight excluding hydrogens is 365 g/mol. The number of carbonyl (C=O) groups is 2. The predicted molar refractivity (Wildman–Crippen MR) is 89.8 cm³/mol. The van der Waals surface area contributed by atoms with Gasteiger partial charge < -0.3 is 10.1 Å². The van der Waals surface area contributed by atoms with Gasteiger partial charge in [-0.2, -0.15) is 4.39 Å². The van der Waals surface area contributed by atoms with Crippen LogP contribution in [0.15, 0.2) is 36.4 Å². The van der Waals surface area contributed by atoms with E-state index in [4.69, 9.17) is 4.74 Å². The van der Waals surface area contributed by atoms with Crippen molar-refractivity contribution in [2.24, 2.45) is 0 Å². The van der Waals surface area contributed by atoms with E-state index in [1.807, 2.05) is 0 Å². The zero-order valence-corrected chi connectivity index (χ0v) is 13.8. The Morgan fingerprint density at radius 3 is 2.33 bits per heavy atom. The summed E-state index contributed by atoms with van der Waals surface area (Å²) in [5, 5.41) is 23.6. The molecule has 1 N–H and O–H groups in total. The molecule has 0 heterocycles. The van der Waals surface area contributed by atoms with Crippen molar-refractivity contribution < 1.29 is 28.6 Å². The summed E-state index contributed by atoms with van der Waals surface area (Å²) in [6.45, 7) is 0.739. The number of anilines is 1. The molecule has 2 aromatic carbocycles. The van der Waals surface area contributed by atoms with Gasteiger partial charge in [-0.15, -0.1) is 0 Å². The van der Waals surface area contributed by atoms with Crippen LogP contribution in [0.4, 0.5) is 21.5 Å². The molecule has 0 unspecified atom stereocenters. The van der Waals surface area contributed by atoms with Crippen LogP contribution in [-0.4, -0.2) is 28.3 Å². The second-order valence-electron chi connectivity index (χ2n) is 5.31. The molecule has 0 spiro atoms. The summed E-state index contributed by atoms with van der Waals surface area (Å²) in [5.74, 6) is -2.74. The van der Waals surface area contributed by atoms with Crippen LogP contribution in [0.2, 0.25) is 0 Å². The maximum Gasteiger partial charge on any atom is 0.338 e. The minimum atomic E-state index is -1.06. The third kappa shape index (κ3) is 4.81. The first-order valence-electron chi connectivity index (χ1n) is 7.35. The number of amides is 1. The lowest BCUT2D eigenvalue weighted by Gasteiger charge is -2.07. The van der Waals surface area contributed by atoms with Crippen molar-refractivity contribution in [1.82, 2.24) is 0 Å². The Balaban J connectivity index is 1.98. The third-order valence-corrected chi connectivity index (χ3v) is 3.39. The molecule has 0 aliphatic carbocycles. The molecule has 140 valence electrons. The molecule has 0 aromatic heterocycles. The van der Waals surface area contributed by atoms with Gasteiger partial charge in [-0.25, -0.2) is 4.79 Å². The fourth-order valence-corrected chi connectivity index (χ4v) is 2.13. The van der Waals surface area contributed by atoms with Crippen molar-refractivity contribution >= 4 is 28.9 Å². The topological polar surface area (TPSA) is 142 Å². The van der Waals surface area contributed by atoms with Gasteiger partial charge in [0.15, 0.2) is 6.61 Å². The standard InChI is InChI=1S/C16H12FN3O7/c1-9-6-10(2-5-13(9)19(23)24)16(22)27-8-15(21)18-11-3-4-12(17)14(7-11)20(25)26/h2-7H,8H2,1H3,(H,18,21). The van der Waals surface area contributed by atoms with Gasteiger partial charge in [0.2, 0.25) is 5.82 Å². The van der Waals surface area contributed by atoms with Crippen molar-refractivity contribution in [2.45, 2.75) is 6.92 Å². The number of hydrogen-bond acceptors (Lipinski definition) is 7. The molecule has 10 nitrogen and oxygen atoms in total. The van der Waals surface area contributed by atoms with Crippen LogP contribution in [0.5, 0.6) is 0 Å². The number of nitro benzene ring substituents is 2. The molecule has 0 saturated heterocycles. The molecule has 0 atom stereocenters. The van der Waals surface area contributed by atoms with Gasteiger partial charge >= 0.3 is 11.7 Å². The van der Waals surface area contributed by atoms with E-state index in [0.29, 0.717) is 0 Å². The Labute approximate surface area is 150 Å². The van der Waals surface area contributed by atoms with Crippen LogP contribution < -0.4 is 5.32 Å². The molecule has 0 saturated carbocycles. The molecule has 11 heteroatoms. The largest absolute Gasteiger partial charge is 0.452 e. The maximum absolute atomic E-state index is 13.2. The highest BCUT2D eigenvalue weighted by atomic mass is 19.1. The number of carbonyl (C=O) groups excluding carboxylic acids is 2. The molecule has 27 heavy (non-hydrogen) atoms. The van der Waals surface area contributed by atoms with Crippen molar-refractivity contribution in [3.63, 3.8) is 0 Å². The number of halogens is 1. The molecular formula is C16H12FN3O7. The molecule has 1 amide bonds. The zero-order valence-electron chi connectivity index (χ0n) is 13.8. The van der Waals surface area contributed by atoms with Crippen molar-refractivity contribution in [3.05, 3.63) is 73.6 Å². The van der Waals surface area contributed by atoms with Crippen LogP contribution in [0.1, 0.15) is 15.9 Å². The van der Waals surface area contributed by atoms with Crippen LogP contribution in [0.25, 0.3) is 0 Å². The van der Waals surface area contributed by atoms with Gasteiger partial charge in [0, 0.05) is 23.4 Å². The summed E-state index contributed by atoms with van der Waals surface area (Å²) in [6.07, 6.45) is 0. The third-order valence-electron chi connectivity index (χ3n) is 3.39. The van der Waals surface area contributed by atoms with Crippen LogP contribution >= 0.6 is 0 Å². The average Bonchev–Trinajstić information content (AvgIpc) is 2.60. The lowest BCUT2D eigenvalue weighted by molar-refractivity contribution is -0.387. The highest BCUT2D eigenvalue weighted by Gasteiger charge is 2.17. The van der Waals surface area contributed by atoms with E-state index in [9.17, 15) is 34.2 Å². The second kappa shape index (κ2) is 7.99. The van der Waals surface area contributed by atoms with Gasteiger partial charge in [0.05, 0.1) is 15.4 Å². The smallest absolute Gasteiger partial charge is 0.338 e. The Morgan fingerprint density at radius 1 is 1.07 bits per heavy atom. The highest BCUT2D eigenvalue weighted by Crippen LogP contribution is 2.22. The second-order valence-corrected chi connectivity index (χ2v) is 5.31. The highest BCUT2D eigenvalue weighted by molar-refractivity contribution is 5.95. The number of nitrogens with zero attached hydrogens (tertiary/aromatic N) is 2. The van der Waals surface area contributed by atoms with E-state index in [1.54, 1.807) is 0 Å². The molecule has 0 bridgehead atoms. The molecule has 0 aliphatic heterocycles. The molecule has 2 aromatic rings. The molecule has 0 radical (unpaired) electrons. The van der Waals surface area contributed by atoms with E-state index < -0.39 is 39.8 Å². The first kappa shape index (κ1) is 19.4. The van der Waals surface area contributed by atoms with E-state index in [0.717, 1.165) is 24.3 Å². The molecule has 2 rings (SSSR count). The summed E-state index contributed by atoms with van der Waals surface area (Å²) < 4.78 is 18.0. The fourth-order valence-electron chi connectivity index (χ4n) is 2.13. The Hall–Kier alpha value is -3.89. The first-order valence-corrected chi connectivity index (χ1v) is 7.35. The molecule has 0 fully saturated rings. The number of nitro groups is 2. The van der Waals surface area contributed by atoms with Gasteiger partial charge in [0.25, 0.3) is 11.6 Å². The predicted octanol–water partition coefficient (Wildman–Crippen LogP) is 2.75. The summed E-state index contributed by atoms with van der Waals surface area (Å²) in [6, 6.07) is 6.34. The van der Waals surface area contributed by atoms with Gasteiger partial charge in [-0.1, -0.05) is 0 Å². The van der Waals surface area contributed by atoms with Crippen molar-refractivity contribution in [3.8, 4) is 0 Å². The number of benzene rings is 2. The normalized spacial score (nSPS) is 10.1. The van der Waals surface area contributed by atoms with Crippen molar-refractivity contribution in [2.75, 3.05) is 11.9 Å². The number of nitrogens with one attached hydrogen (secondary N) is 1. The number of esters is 1. The summed E-state index contributed by atoms with van der Waals surface area (Å²) in [5.41, 5.74) is -0.760. The van der Waals surface area contributed by atoms with E-state index in [1.165, 1.54) is 19.1 Å². The Morgan fingerprint density at radius 2 is 1.74 bits per heavy atom. The lowest BCUT2D eigenvalue weighted by Crippen LogP contribution is -2.21. The Bertz CT molecular complexity index is 946. The van der Waals surface area contributed by atoms with E-state index in [-0.39, 0.29) is 22.5 Å². The van der Waals surface area contributed by atoms with Gasteiger partial charge in [-0.3, -0.25) is 25.0 Å². The zero-order chi connectivity index (χ0) is 20.1. The summed E-state index contributed by atoms with van der Waals surface area (Å²) in [7, 11) is 0. The number of ether oxygens (including phenoxy) is 1. The average molecular weight is 377 g/mol. The van der Waals surface area contributed by atoms with Gasteiger partial charge in [-0.05, 0) is 31.2 Å². The first-order chi connectivity index (χ1) is 12.7. The summed E-state index contributed by atoms with van der Waals surface area (Å²) >= 11 is 0. The monoisotopic (exact) mass is 377 g/mol. The van der Waals surface area contributed by atoms with Gasteiger partial charge in [0.1, 0.15) is 0 Å². The van der Waals surface area contributed by atoms with E-state index >= 15 is 0 Å². The maximum atomic E-state index is 13.2. The van der Waals surface area contributed by atoms with Crippen LogP contribution in [0, 0.1) is 33.0 Å². The summed E-state index contributed by atoms with van der Waals surface area (Å²) in [4.78, 5) is 43.6. The molecule has 0 aliphatic rings. The number of rotatable bonds is 6. The minimum Gasteiger partial charge on any atom is -0.452 e. The van der Waals surface area contributed by atoms with Crippen LogP contribution in [0.3, 0.4) is 0 Å². The number of hydrogen-bond donors (Lipinski definition) is 1. The SMILES string of the molecule is Cc1cc(C(=O)OCC(=O)Nc2ccc(F)c([N+](=O)[O-])c2)ccc1[N+](=O)[O-]. The van der Waals surface area contributed by atoms with Crippen molar-refractivity contribution in [1.29, 1.82) is 0 Å². The van der Waals surface area contributed by atoms with Crippen LogP contribution in [-0.2, 0) is 9.53 Å². The fraction of sp³-hybridized carbons (Fsp3) is 0.125.